The molecule has 0 saturated heterocycles. The van der Waals surface area contributed by atoms with Crippen molar-refractivity contribution in [2.75, 3.05) is 13.2 Å². The first kappa shape index (κ1) is 16.0. The molecule has 0 amide bonds. The van der Waals surface area contributed by atoms with E-state index in [1.807, 2.05) is 26.2 Å². The van der Waals surface area contributed by atoms with Gasteiger partial charge in [0, 0.05) is 18.3 Å². The molecule has 1 fully saturated rings. The van der Waals surface area contributed by atoms with Gasteiger partial charge in [-0.05, 0) is 32.2 Å². The van der Waals surface area contributed by atoms with Gasteiger partial charge in [-0.1, -0.05) is 20.8 Å². The van der Waals surface area contributed by atoms with Gasteiger partial charge in [-0.15, -0.1) is 0 Å². The van der Waals surface area contributed by atoms with Crippen molar-refractivity contribution in [3.05, 3.63) is 18.2 Å². The zero-order valence-electron chi connectivity index (χ0n) is 13.6. The Morgan fingerprint density at radius 2 is 2.24 bits per heavy atom. The highest BCUT2D eigenvalue weighted by Gasteiger charge is 2.52. The number of aromatic nitrogens is 2. The second-order valence-electron chi connectivity index (χ2n) is 6.06. The van der Waals surface area contributed by atoms with Gasteiger partial charge >= 0.3 is 5.97 Å². The fourth-order valence-electron chi connectivity index (χ4n) is 3.01. The molecule has 0 aliphatic heterocycles. The second kappa shape index (κ2) is 6.60. The highest BCUT2D eigenvalue weighted by atomic mass is 16.5. The number of carbonyl (C=O) groups is 1. The third kappa shape index (κ3) is 3.28. The average Bonchev–Trinajstić information content (AvgIpc) is 3.18. The number of likely N-dealkylation sites (N-methyl/N-ethyl adjacent to an activating group) is 1. The molecule has 1 atom stereocenters. The van der Waals surface area contributed by atoms with Gasteiger partial charge in [0.1, 0.15) is 11.4 Å². The third-order valence-corrected chi connectivity index (χ3v) is 4.09. The number of nitrogens with one attached hydrogen (secondary N) is 1. The molecule has 0 spiro atoms. The highest BCUT2D eigenvalue weighted by molar-refractivity contribution is 5.81. The minimum absolute atomic E-state index is 0.127. The number of carbonyl (C=O) groups excluding carboxylic acids is 1. The molecule has 1 aliphatic rings. The SMILES string of the molecule is CCNC(Cn1ccnc1C(C)C)(C(=O)OCC)C1CC1. The lowest BCUT2D eigenvalue weighted by atomic mass is 9.92. The lowest BCUT2D eigenvalue weighted by molar-refractivity contribution is -0.153. The molecule has 0 aromatic carbocycles. The Labute approximate surface area is 127 Å². The van der Waals surface area contributed by atoms with E-state index in [0.717, 1.165) is 25.2 Å². The van der Waals surface area contributed by atoms with Gasteiger partial charge in [-0.25, -0.2) is 9.78 Å². The fraction of sp³-hybridized carbons (Fsp3) is 0.750. The van der Waals surface area contributed by atoms with Crippen LogP contribution in [0.25, 0.3) is 0 Å². The van der Waals surface area contributed by atoms with Crippen LogP contribution in [0.4, 0.5) is 0 Å². The van der Waals surface area contributed by atoms with Gasteiger partial charge in [-0.3, -0.25) is 0 Å². The summed E-state index contributed by atoms with van der Waals surface area (Å²) < 4.78 is 7.47. The van der Waals surface area contributed by atoms with Crippen molar-refractivity contribution in [1.29, 1.82) is 0 Å². The molecule has 21 heavy (non-hydrogen) atoms. The molecule has 1 N–H and O–H groups in total. The van der Waals surface area contributed by atoms with Crippen molar-refractivity contribution in [1.82, 2.24) is 14.9 Å². The number of rotatable bonds is 8. The molecule has 1 heterocycles. The number of nitrogens with zero attached hydrogens (tertiary/aromatic N) is 2. The summed E-state index contributed by atoms with van der Waals surface area (Å²) in [5.74, 6) is 1.58. The van der Waals surface area contributed by atoms with Gasteiger partial charge in [0.15, 0.2) is 0 Å². The summed E-state index contributed by atoms with van der Waals surface area (Å²) >= 11 is 0. The summed E-state index contributed by atoms with van der Waals surface area (Å²) in [6, 6.07) is 0. The molecule has 1 aromatic rings. The highest BCUT2D eigenvalue weighted by Crippen LogP contribution is 2.42. The largest absolute Gasteiger partial charge is 0.465 e. The standard InChI is InChI=1S/C16H27N3O2/c1-5-18-16(13-7-8-13,15(20)21-6-2)11-19-10-9-17-14(19)12(3)4/h9-10,12-13,18H,5-8,11H2,1-4H3. The van der Waals surface area contributed by atoms with E-state index in [-0.39, 0.29) is 5.97 Å². The summed E-state index contributed by atoms with van der Waals surface area (Å²) in [5.41, 5.74) is -0.616. The van der Waals surface area contributed by atoms with Gasteiger partial charge < -0.3 is 14.6 Å². The number of hydrogen-bond donors (Lipinski definition) is 1. The van der Waals surface area contributed by atoms with Crippen LogP contribution in [0.15, 0.2) is 12.4 Å². The normalized spacial score (nSPS) is 17.8. The predicted molar refractivity (Wildman–Crippen MR) is 82.1 cm³/mol. The van der Waals surface area contributed by atoms with Gasteiger partial charge in [0.25, 0.3) is 0 Å². The van der Waals surface area contributed by atoms with E-state index in [1.54, 1.807) is 0 Å². The van der Waals surface area contributed by atoms with Gasteiger partial charge in [0.2, 0.25) is 0 Å². The van der Waals surface area contributed by atoms with E-state index in [2.05, 4.69) is 28.7 Å². The van der Waals surface area contributed by atoms with E-state index < -0.39 is 5.54 Å². The monoisotopic (exact) mass is 293 g/mol. The Hall–Kier alpha value is -1.36. The van der Waals surface area contributed by atoms with Crippen LogP contribution >= 0.6 is 0 Å². The van der Waals surface area contributed by atoms with Crippen LogP contribution in [0.5, 0.6) is 0 Å². The van der Waals surface area contributed by atoms with E-state index in [9.17, 15) is 4.79 Å². The number of imidazole rings is 1. The van der Waals surface area contributed by atoms with Gasteiger partial charge in [0.05, 0.1) is 13.2 Å². The molecular formula is C16H27N3O2. The molecule has 1 saturated carbocycles. The fourth-order valence-corrected chi connectivity index (χ4v) is 3.01. The lowest BCUT2D eigenvalue weighted by Crippen LogP contribution is -2.57. The molecule has 5 nitrogen and oxygen atoms in total. The first-order valence-corrected chi connectivity index (χ1v) is 7.98. The summed E-state index contributed by atoms with van der Waals surface area (Å²) in [6.07, 6.45) is 5.93. The van der Waals surface area contributed by atoms with E-state index in [4.69, 9.17) is 4.74 Å². The minimum atomic E-state index is -0.616. The molecular weight excluding hydrogens is 266 g/mol. The van der Waals surface area contributed by atoms with Crippen LogP contribution < -0.4 is 5.32 Å². The molecule has 1 unspecified atom stereocenters. The molecule has 0 bridgehead atoms. The van der Waals surface area contributed by atoms with Gasteiger partial charge in [-0.2, -0.15) is 0 Å². The zero-order valence-corrected chi connectivity index (χ0v) is 13.6. The average molecular weight is 293 g/mol. The summed E-state index contributed by atoms with van der Waals surface area (Å²) in [5, 5.41) is 3.42. The van der Waals surface area contributed by atoms with Crippen LogP contribution in [0, 0.1) is 5.92 Å². The molecule has 2 rings (SSSR count). The Balaban J connectivity index is 2.30. The number of esters is 1. The van der Waals surface area contributed by atoms with Crippen molar-refractivity contribution < 1.29 is 9.53 Å². The molecule has 5 heteroatoms. The van der Waals surface area contributed by atoms with E-state index in [0.29, 0.717) is 25.0 Å². The molecule has 1 aromatic heterocycles. The van der Waals surface area contributed by atoms with Crippen molar-refractivity contribution in [3.63, 3.8) is 0 Å². The summed E-state index contributed by atoms with van der Waals surface area (Å²) in [6.45, 7) is 9.90. The molecule has 1 aliphatic carbocycles. The minimum Gasteiger partial charge on any atom is -0.465 e. The Kier molecular flexibility index (Phi) is 5.04. The van der Waals surface area contributed by atoms with Crippen LogP contribution in [0.1, 0.15) is 52.3 Å². The van der Waals surface area contributed by atoms with Crippen LogP contribution in [-0.4, -0.2) is 34.2 Å². The first-order chi connectivity index (χ1) is 10.0. The molecule has 118 valence electrons. The summed E-state index contributed by atoms with van der Waals surface area (Å²) in [4.78, 5) is 17.1. The maximum atomic E-state index is 12.6. The van der Waals surface area contributed by atoms with Crippen molar-refractivity contribution in [2.45, 2.75) is 58.5 Å². The van der Waals surface area contributed by atoms with Crippen LogP contribution in [0.3, 0.4) is 0 Å². The maximum absolute atomic E-state index is 12.6. The Bertz CT molecular complexity index is 480. The first-order valence-electron chi connectivity index (χ1n) is 7.98. The number of ether oxygens (including phenoxy) is 1. The van der Waals surface area contributed by atoms with Crippen molar-refractivity contribution in [3.8, 4) is 0 Å². The van der Waals surface area contributed by atoms with Crippen molar-refractivity contribution in [2.24, 2.45) is 5.92 Å². The number of hydrogen-bond acceptors (Lipinski definition) is 4. The quantitative estimate of drug-likeness (QED) is 0.747. The Morgan fingerprint density at radius 3 is 2.76 bits per heavy atom. The second-order valence-corrected chi connectivity index (χ2v) is 6.06. The van der Waals surface area contributed by atoms with Crippen molar-refractivity contribution >= 4 is 5.97 Å². The Morgan fingerprint density at radius 1 is 1.52 bits per heavy atom. The van der Waals surface area contributed by atoms with Crippen LogP contribution in [-0.2, 0) is 16.1 Å². The predicted octanol–water partition coefficient (Wildman–Crippen LogP) is 2.33. The van der Waals surface area contributed by atoms with E-state index >= 15 is 0 Å². The van der Waals surface area contributed by atoms with E-state index in [1.165, 1.54) is 0 Å². The smallest absolute Gasteiger partial charge is 0.328 e. The maximum Gasteiger partial charge on any atom is 0.328 e. The third-order valence-electron chi connectivity index (χ3n) is 4.09. The topological polar surface area (TPSA) is 56.2 Å². The van der Waals surface area contributed by atoms with Crippen LogP contribution in [0.2, 0.25) is 0 Å². The zero-order chi connectivity index (χ0) is 15.5. The summed E-state index contributed by atoms with van der Waals surface area (Å²) in [7, 11) is 0. The molecule has 0 radical (unpaired) electrons. The lowest BCUT2D eigenvalue weighted by Gasteiger charge is -2.33.